The second-order valence-electron chi connectivity index (χ2n) is 9.71. The quantitative estimate of drug-likeness (QED) is 0.162. The van der Waals surface area contributed by atoms with Gasteiger partial charge in [-0.1, -0.05) is 72.8 Å². The molecule has 1 heterocycles. The molecule has 6 rings (SSSR count). The summed E-state index contributed by atoms with van der Waals surface area (Å²) in [5, 5.41) is 10.3. The van der Waals surface area contributed by atoms with Gasteiger partial charge in [0.05, 0.1) is 12.8 Å². The van der Waals surface area contributed by atoms with Crippen LogP contribution in [0, 0.1) is 0 Å². The van der Waals surface area contributed by atoms with E-state index in [2.05, 4.69) is 34.9 Å². The zero-order valence-corrected chi connectivity index (χ0v) is 24.8. The van der Waals surface area contributed by atoms with Crippen LogP contribution in [0.3, 0.4) is 0 Å². The Morgan fingerprint density at radius 3 is 2.35 bits per heavy atom. The minimum absolute atomic E-state index is 0.161. The summed E-state index contributed by atoms with van der Waals surface area (Å²) < 4.78 is 5.22. The van der Waals surface area contributed by atoms with Crippen molar-refractivity contribution in [2.45, 2.75) is 10.1 Å². The van der Waals surface area contributed by atoms with Gasteiger partial charge in [-0.2, -0.15) is 0 Å². The molecule has 0 saturated heterocycles. The third-order valence-corrected chi connectivity index (χ3v) is 8.84. The monoisotopic (exact) mass is 601 g/mol. The predicted molar refractivity (Wildman–Crippen MR) is 176 cm³/mol. The van der Waals surface area contributed by atoms with Gasteiger partial charge < -0.3 is 15.4 Å². The second-order valence-corrected chi connectivity index (χ2v) is 11.7. The highest BCUT2D eigenvalue weighted by Crippen LogP contribution is 2.37. The van der Waals surface area contributed by atoms with Crippen molar-refractivity contribution in [3.63, 3.8) is 0 Å². The smallest absolute Gasteiger partial charge is 0.255 e. The summed E-state index contributed by atoms with van der Waals surface area (Å²) >= 11 is 2.84. The first-order valence-corrected chi connectivity index (χ1v) is 15.3. The third-order valence-electron chi connectivity index (χ3n) is 6.82. The maximum absolute atomic E-state index is 13.6. The third kappa shape index (κ3) is 6.77. The number of ether oxygens (including phenoxy) is 1. The summed E-state index contributed by atoms with van der Waals surface area (Å²) in [5.74, 6) is 0.227. The highest BCUT2D eigenvalue weighted by Gasteiger charge is 2.23. The molecule has 6 nitrogen and oxygen atoms in total. The molecule has 43 heavy (non-hydrogen) atoms. The lowest BCUT2D eigenvalue weighted by atomic mass is 10.1. The van der Waals surface area contributed by atoms with Gasteiger partial charge in [-0.25, -0.2) is 4.98 Å². The number of nitrogens with zero attached hydrogens (tertiary/aromatic N) is 1. The molecule has 0 radical (unpaired) electrons. The number of amides is 2. The van der Waals surface area contributed by atoms with Crippen molar-refractivity contribution < 1.29 is 14.3 Å². The Kier molecular flexibility index (Phi) is 8.49. The lowest BCUT2D eigenvalue weighted by Gasteiger charge is -2.16. The second kappa shape index (κ2) is 12.9. The highest BCUT2D eigenvalue weighted by atomic mass is 32.2. The molecular weight excluding hydrogens is 575 g/mol. The van der Waals surface area contributed by atoms with E-state index in [1.54, 1.807) is 31.4 Å². The van der Waals surface area contributed by atoms with E-state index >= 15 is 0 Å². The van der Waals surface area contributed by atoms with Crippen LogP contribution in [0.1, 0.15) is 21.2 Å². The van der Waals surface area contributed by atoms with Crippen molar-refractivity contribution in [1.29, 1.82) is 0 Å². The molecule has 1 aromatic heterocycles. The lowest BCUT2D eigenvalue weighted by molar-refractivity contribution is -0.115. The molecular formula is C35H27N3O3S2. The molecule has 0 aliphatic rings. The number of hydrogen-bond acceptors (Lipinski definition) is 6. The number of thiazole rings is 1. The van der Waals surface area contributed by atoms with E-state index in [4.69, 9.17) is 9.72 Å². The predicted octanol–water partition coefficient (Wildman–Crippen LogP) is 8.70. The number of rotatable bonds is 9. The molecule has 0 fully saturated rings. The van der Waals surface area contributed by atoms with Gasteiger partial charge in [0.15, 0.2) is 5.13 Å². The standard InChI is InChI=1S/C35H27N3O3S2/c1-41-29-13-7-12-27(21-29)33(39)36-28-16-18-30(19-17-28)43-32(24-9-3-2-4-10-24)34(40)38-35-37-31(22-42-35)26-15-14-23-8-5-6-11-25(23)20-26/h2-22,32H,1H3,(H,36,39)(H,37,38,40). The fourth-order valence-electron chi connectivity index (χ4n) is 4.60. The molecule has 1 unspecified atom stereocenters. The van der Waals surface area contributed by atoms with Crippen LogP contribution in [0.25, 0.3) is 22.0 Å². The van der Waals surface area contributed by atoms with Crippen LogP contribution in [0.4, 0.5) is 10.8 Å². The van der Waals surface area contributed by atoms with Gasteiger partial charge in [0.1, 0.15) is 11.0 Å². The number of thioether (sulfide) groups is 1. The van der Waals surface area contributed by atoms with Crippen LogP contribution in [0.15, 0.2) is 132 Å². The van der Waals surface area contributed by atoms with Crippen molar-refractivity contribution in [2.75, 3.05) is 17.7 Å². The number of carbonyl (C=O) groups is 2. The molecule has 2 amide bonds. The fourth-order valence-corrected chi connectivity index (χ4v) is 6.35. The average Bonchev–Trinajstić information content (AvgIpc) is 3.53. The van der Waals surface area contributed by atoms with Gasteiger partial charge in [-0.3, -0.25) is 9.59 Å². The number of aromatic nitrogens is 1. The summed E-state index contributed by atoms with van der Waals surface area (Å²) in [6.45, 7) is 0. The van der Waals surface area contributed by atoms with E-state index in [0.717, 1.165) is 27.1 Å². The van der Waals surface area contributed by atoms with Crippen molar-refractivity contribution in [3.8, 4) is 17.0 Å². The number of benzene rings is 5. The lowest BCUT2D eigenvalue weighted by Crippen LogP contribution is -2.19. The first-order chi connectivity index (χ1) is 21.1. The Morgan fingerprint density at radius 1 is 0.791 bits per heavy atom. The number of hydrogen-bond donors (Lipinski definition) is 2. The number of methoxy groups -OCH3 is 1. The number of nitrogens with one attached hydrogen (secondary N) is 2. The summed E-state index contributed by atoms with van der Waals surface area (Å²) in [6.07, 6.45) is 0. The topological polar surface area (TPSA) is 80.3 Å². The summed E-state index contributed by atoms with van der Waals surface area (Å²) in [4.78, 5) is 31.9. The van der Waals surface area contributed by atoms with Crippen molar-refractivity contribution in [2.24, 2.45) is 0 Å². The molecule has 8 heteroatoms. The Bertz CT molecular complexity index is 1890. The zero-order chi connectivity index (χ0) is 29.6. The molecule has 0 spiro atoms. The van der Waals surface area contributed by atoms with Crippen molar-refractivity contribution in [1.82, 2.24) is 4.98 Å². The van der Waals surface area contributed by atoms with Crippen molar-refractivity contribution in [3.05, 3.63) is 138 Å². The molecule has 6 aromatic rings. The Labute approximate surface area is 257 Å². The Balaban J connectivity index is 1.16. The van der Waals surface area contributed by atoms with Gasteiger partial charge in [0, 0.05) is 27.1 Å². The molecule has 1 atom stereocenters. The van der Waals surface area contributed by atoms with Crippen LogP contribution in [0.5, 0.6) is 5.75 Å². The maximum atomic E-state index is 13.6. The molecule has 0 saturated carbocycles. The first-order valence-electron chi connectivity index (χ1n) is 13.6. The van der Waals surface area contributed by atoms with Gasteiger partial charge in [0.2, 0.25) is 5.91 Å². The van der Waals surface area contributed by atoms with Gasteiger partial charge >= 0.3 is 0 Å². The molecule has 0 bridgehead atoms. The van der Waals surface area contributed by atoms with E-state index in [-0.39, 0.29) is 11.8 Å². The van der Waals surface area contributed by atoms with E-state index < -0.39 is 5.25 Å². The largest absolute Gasteiger partial charge is 0.497 e. The number of carbonyl (C=O) groups excluding carboxylic acids is 2. The van der Waals surface area contributed by atoms with Gasteiger partial charge in [-0.15, -0.1) is 23.1 Å². The van der Waals surface area contributed by atoms with Crippen LogP contribution in [-0.4, -0.2) is 23.9 Å². The number of anilines is 2. The zero-order valence-electron chi connectivity index (χ0n) is 23.2. The van der Waals surface area contributed by atoms with Crippen LogP contribution >= 0.6 is 23.1 Å². The Hall–Kier alpha value is -4.92. The van der Waals surface area contributed by atoms with E-state index in [1.165, 1.54) is 28.5 Å². The first kappa shape index (κ1) is 28.2. The minimum atomic E-state index is -0.508. The minimum Gasteiger partial charge on any atom is -0.497 e. The highest BCUT2D eigenvalue weighted by molar-refractivity contribution is 8.00. The maximum Gasteiger partial charge on any atom is 0.255 e. The molecule has 2 N–H and O–H groups in total. The van der Waals surface area contributed by atoms with Gasteiger partial charge in [-0.05, 0) is 64.9 Å². The summed E-state index contributed by atoms with van der Waals surface area (Å²) in [5.41, 5.74) is 3.86. The fraction of sp³-hybridized carbons (Fsp3) is 0.0571. The van der Waals surface area contributed by atoms with Crippen LogP contribution in [-0.2, 0) is 4.79 Å². The average molecular weight is 602 g/mol. The summed E-state index contributed by atoms with van der Waals surface area (Å²) in [6, 6.07) is 38.6. The van der Waals surface area contributed by atoms with Crippen LogP contribution < -0.4 is 15.4 Å². The van der Waals surface area contributed by atoms with Crippen LogP contribution in [0.2, 0.25) is 0 Å². The SMILES string of the molecule is COc1cccc(C(=O)Nc2ccc(SC(C(=O)Nc3nc(-c4ccc5ccccc5c4)cs3)c3ccccc3)cc2)c1. The molecule has 5 aromatic carbocycles. The van der Waals surface area contributed by atoms with E-state index in [0.29, 0.717) is 22.1 Å². The Morgan fingerprint density at radius 2 is 1.56 bits per heavy atom. The molecule has 0 aliphatic carbocycles. The van der Waals surface area contributed by atoms with Gasteiger partial charge in [0.25, 0.3) is 5.91 Å². The molecule has 212 valence electrons. The van der Waals surface area contributed by atoms with Crippen molar-refractivity contribution >= 4 is 56.5 Å². The normalized spacial score (nSPS) is 11.6. The number of fused-ring (bicyclic) bond motifs is 1. The summed E-state index contributed by atoms with van der Waals surface area (Å²) in [7, 11) is 1.57. The van der Waals surface area contributed by atoms with E-state index in [9.17, 15) is 9.59 Å². The molecule has 0 aliphatic heterocycles. The van der Waals surface area contributed by atoms with E-state index in [1.807, 2.05) is 78.2 Å².